The maximum Gasteiger partial charge on any atom is 0.199 e. The van der Waals surface area contributed by atoms with Crippen LogP contribution in [0.5, 0.6) is 0 Å². The number of sulfone groups is 2. The first kappa shape index (κ1) is 24.9. The maximum absolute atomic E-state index is 14.6. The molecule has 2 aliphatic carbocycles. The van der Waals surface area contributed by atoms with Crippen molar-refractivity contribution in [3.63, 3.8) is 0 Å². The average Bonchev–Trinajstić information content (AvgIpc) is 2.88. The lowest BCUT2D eigenvalue weighted by molar-refractivity contribution is -0.121. The lowest BCUT2D eigenvalue weighted by atomic mass is 9.66. The lowest BCUT2D eigenvalue weighted by Crippen LogP contribution is -2.64. The van der Waals surface area contributed by atoms with Gasteiger partial charge in [-0.25, -0.2) is 16.8 Å². The van der Waals surface area contributed by atoms with Crippen LogP contribution in [-0.2, 0) is 41.2 Å². The van der Waals surface area contributed by atoms with Crippen LogP contribution in [0.2, 0.25) is 5.02 Å². The van der Waals surface area contributed by atoms with Crippen molar-refractivity contribution in [3.8, 4) is 0 Å². The van der Waals surface area contributed by atoms with Crippen LogP contribution < -0.4 is 0 Å². The molecule has 0 unspecified atom stereocenters. The number of benzene rings is 3. The van der Waals surface area contributed by atoms with Gasteiger partial charge < -0.3 is 4.74 Å². The summed E-state index contributed by atoms with van der Waals surface area (Å²) >= 11 is 6.31. The van der Waals surface area contributed by atoms with Crippen LogP contribution in [0.15, 0.2) is 101 Å². The van der Waals surface area contributed by atoms with Crippen molar-refractivity contribution >= 4 is 37.1 Å². The van der Waals surface area contributed by atoms with Crippen LogP contribution in [-0.4, -0.2) is 33.8 Å². The molecule has 5 rings (SSSR count). The van der Waals surface area contributed by atoms with Gasteiger partial charge in [-0.1, -0.05) is 54.1 Å². The van der Waals surface area contributed by atoms with Crippen LogP contribution in [0.1, 0.15) is 17.5 Å². The Morgan fingerprint density at radius 3 is 1.94 bits per heavy atom. The van der Waals surface area contributed by atoms with Gasteiger partial charge in [-0.15, -0.1) is 0 Å². The number of hydrogen-bond acceptors (Lipinski definition) is 6. The smallest absolute Gasteiger partial charge is 0.199 e. The van der Waals surface area contributed by atoms with Crippen molar-refractivity contribution in [2.45, 2.75) is 32.3 Å². The molecule has 0 radical (unpaired) electrons. The molecule has 3 aromatic carbocycles. The normalized spacial score (nSPS) is 23.1. The third-order valence-electron chi connectivity index (χ3n) is 7.25. The summed E-state index contributed by atoms with van der Waals surface area (Å²) in [4.78, 5) is 12.5. The molecule has 0 fully saturated rings. The first-order valence-corrected chi connectivity index (χ1v) is 14.6. The number of rotatable bonds is 5. The molecule has 0 bridgehead atoms. The Morgan fingerprint density at radius 2 is 1.42 bits per heavy atom. The van der Waals surface area contributed by atoms with E-state index < -0.39 is 41.7 Å². The molecule has 0 saturated carbocycles. The van der Waals surface area contributed by atoms with E-state index in [0.717, 1.165) is 0 Å². The van der Waals surface area contributed by atoms with Crippen LogP contribution in [0.3, 0.4) is 0 Å². The minimum absolute atomic E-state index is 0.151. The summed E-state index contributed by atoms with van der Waals surface area (Å²) in [6.07, 6.45) is 2.10. The fourth-order valence-electron chi connectivity index (χ4n) is 5.62. The monoisotopic (exact) mass is 542 g/mol. The van der Waals surface area contributed by atoms with Gasteiger partial charge in [0, 0.05) is 30.9 Å². The highest BCUT2D eigenvalue weighted by Gasteiger charge is 2.69. The van der Waals surface area contributed by atoms with E-state index in [1.807, 2.05) is 0 Å². The Kier molecular flexibility index (Phi) is 5.99. The Hall–Kier alpha value is -2.78. The number of ketones is 1. The van der Waals surface area contributed by atoms with Crippen molar-refractivity contribution in [2.24, 2.45) is 5.92 Å². The molecular formula is C27H23ClO6S2. The molecule has 9 heteroatoms. The van der Waals surface area contributed by atoms with Gasteiger partial charge in [-0.05, 0) is 59.7 Å². The van der Waals surface area contributed by atoms with E-state index in [-0.39, 0.29) is 22.0 Å². The zero-order valence-electron chi connectivity index (χ0n) is 19.3. The second-order valence-electron chi connectivity index (χ2n) is 8.98. The Bertz CT molecular complexity index is 1510. The lowest BCUT2D eigenvalue weighted by Gasteiger charge is -2.53. The topological polar surface area (TPSA) is 94.6 Å². The first-order chi connectivity index (χ1) is 17.1. The fourth-order valence-corrected chi connectivity index (χ4v) is 11.3. The number of allylic oxidation sites excluding steroid dienone is 1. The SMILES string of the molecule is CO[C@@]12C=CC(=O)C[C@@H]1C(S(=O)(=O)c1ccccc1)(S(=O)(=O)c1ccccc1)Cc1cc(Cl)ccc12. The number of hydrogen-bond donors (Lipinski definition) is 0. The van der Waals surface area contributed by atoms with E-state index in [4.69, 9.17) is 16.3 Å². The van der Waals surface area contributed by atoms with Crippen LogP contribution in [0.4, 0.5) is 0 Å². The summed E-state index contributed by atoms with van der Waals surface area (Å²) < 4.78 is 62.1. The molecule has 0 spiro atoms. The molecule has 0 N–H and O–H groups in total. The summed E-state index contributed by atoms with van der Waals surface area (Å²) in [5.74, 6) is -1.64. The van der Waals surface area contributed by atoms with Gasteiger partial charge in [0.25, 0.3) is 0 Å². The number of carbonyl (C=O) groups is 1. The molecule has 2 atom stereocenters. The zero-order valence-corrected chi connectivity index (χ0v) is 21.7. The third-order valence-corrected chi connectivity index (χ3v) is 13.3. The molecule has 3 aromatic rings. The molecule has 186 valence electrons. The van der Waals surface area contributed by atoms with Crippen molar-refractivity contribution < 1.29 is 26.4 Å². The molecule has 0 aliphatic heterocycles. The second-order valence-corrected chi connectivity index (χ2v) is 14.1. The van der Waals surface area contributed by atoms with Crippen molar-refractivity contribution in [2.75, 3.05) is 7.11 Å². The predicted octanol–water partition coefficient (Wildman–Crippen LogP) is 4.53. The van der Waals surface area contributed by atoms with Gasteiger partial charge in [0.1, 0.15) is 5.60 Å². The molecule has 36 heavy (non-hydrogen) atoms. The Labute approximate surface area is 215 Å². The molecule has 0 saturated heterocycles. The minimum Gasteiger partial charge on any atom is -0.369 e. The Balaban J connectivity index is 1.96. The first-order valence-electron chi connectivity index (χ1n) is 11.3. The van der Waals surface area contributed by atoms with Crippen LogP contribution in [0.25, 0.3) is 0 Å². The number of halogens is 1. The van der Waals surface area contributed by atoms with Gasteiger partial charge >= 0.3 is 0 Å². The molecule has 0 heterocycles. The standard InChI is InChI=1S/C27H23ClO6S2/c1-34-26-15-14-21(29)17-25(26)27(18-19-16-20(28)12-13-24(19)26,35(30,31)22-8-4-2-5-9-22)36(32,33)23-10-6-3-7-11-23/h2-16,25H,17-18H2,1H3/t25-,26+/m0/s1. The quantitative estimate of drug-likeness (QED) is 0.470. The summed E-state index contributed by atoms with van der Waals surface area (Å²) in [5, 5.41) is 0.331. The number of methoxy groups -OCH3 is 1. The van der Waals surface area contributed by atoms with E-state index in [9.17, 15) is 21.6 Å². The molecule has 0 aromatic heterocycles. The molecular weight excluding hydrogens is 520 g/mol. The fraction of sp³-hybridized carbons (Fsp3) is 0.222. The maximum atomic E-state index is 14.6. The summed E-state index contributed by atoms with van der Waals surface area (Å²) in [6.45, 7) is 0. The van der Waals surface area contributed by atoms with Crippen molar-refractivity contribution in [1.82, 2.24) is 0 Å². The van der Waals surface area contributed by atoms with Crippen LogP contribution >= 0.6 is 11.6 Å². The molecule has 2 aliphatic rings. The summed E-state index contributed by atoms with van der Waals surface area (Å²) in [6, 6.07) is 19.9. The highest BCUT2D eigenvalue weighted by molar-refractivity contribution is 8.10. The van der Waals surface area contributed by atoms with Crippen molar-refractivity contribution in [1.29, 1.82) is 0 Å². The van der Waals surface area contributed by atoms with E-state index in [2.05, 4.69) is 0 Å². The highest BCUT2D eigenvalue weighted by atomic mass is 35.5. The van der Waals surface area contributed by atoms with Crippen LogP contribution in [0, 0.1) is 5.92 Å². The van der Waals surface area contributed by atoms with Gasteiger partial charge in [0.2, 0.25) is 0 Å². The third kappa shape index (κ3) is 3.35. The number of fused-ring (bicyclic) bond motifs is 3. The summed E-state index contributed by atoms with van der Waals surface area (Å²) in [5.41, 5.74) is -0.473. The number of ether oxygens (including phenoxy) is 1. The van der Waals surface area contributed by atoms with E-state index >= 15 is 0 Å². The predicted molar refractivity (Wildman–Crippen MR) is 136 cm³/mol. The van der Waals surface area contributed by atoms with Gasteiger partial charge in [-0.2, -0.15) is 0 Å². The molecule has 6 nitrogen and oxygen atoms in total. The van der Waals surface area contributed by atoms with E-state index in [1.54, 1.807) is 54.6 Å². The van der Waals surface area contributed by atoms with E-state index in [0.29, 0.717) is 16.1 Å². The largest absolute Gasteiger partial charge is 0.369 e. The van der Waals surface area contributed by atoms with Gasteiger partial charge in [0.05, 0.1) is 9.79 Å². The molecule has 0 amide bonds. The van der Waals surface area contributed by atoms with Crippen molar-refractivity contribution in [3.05, 3.63) is 107 Å². The van der Waals surface area contributed by atoms with E-state index in [1.165, 1.54) is 43.5 Å². The zero-order chi connectivity index (χ0) is 25.8. The minimum atomic E-state index is -4.62. The summed E-state index contributed by atoms with van der Waals surface area (Å²) in [7, 11) is -7.85. The van der Waals surface area contributed by atoms with Gasteiger partial charge in [-0.3, -0.25) is 4.79 Å². The van der Waals surface area contributed by atoms with Gasteiger partial charge in [0.15, 0.2) is 29.5 Å². The highest BCUT2D eigenvalue weighted by Crippen LogP contribution is 2.58. The number of carbonyl (C=O) groups excluding carboxylic acids is 1. The Morgan fingerprint density at radius 1 is 0.861 bits per heavy atom. The average molecular weight is 543 g/mol. The second kappa shape index (κ2) is 8.66.